The van der Waals surface area contributed by atoms with Gasteiger partial charge in [0.05, 0.1) is 16.2 Å². The summed E-state index contributed by atoms with van der Waals surface area (Å²) in [7, 11) is 0. The second-order valence-corrected chi connectivity index (χ2v) is 7.52. The van der Waals surface area contributed by atoms with Crippen molar-refractivity contribution in [2.75, 3.05) is 4.90 Å². The summed E-state index contributed by atoms with van der Waals surface area (Å²) in [6.07, 6.45) is 1.77. The SMILES string of the molecule is O=C(O)c1cccc(N2C(=O)/C(=C/c3ccc(Br)cc3)SC2=S)c1. The van der Waals surface area contributed by atoms with Crippen molar-refractivity contribution in [1.82, 2.24) is 0 Å². The molecule has 0 atom stereocenters. The predicted octanol–water partition coefficient (Wildman–Crippen LogP) is 4.55. The number of carboxylic acids is 1. The molecule has 2 aromatic carbocycles. The Morgan fingerprint density at radius 3 is 2.58 bits per heavy atom. The number of benzene rings is 2. The molecular weight excluding hydrogens is 410 g/mol. The van der Waals surface area contributed by atoms with E-state index < -0.39 is 5.97 Å². The van der Waals surface area contributed by atoms with E-state index >= 15 is 0 Å². The van der Waals surface area contributed by atoms with Crippen LogP contribution < -0.4 is 4.90 Å². The van der Waals surface area contributed by atoms with Crippen LogP contribution in [0.2, 0.25) is 0 Å². The first-order chi connectivity index (χ1) is 11.5. The highest BCUT2D eigenvalue weighted by Gasteiger charge is 2.33. The maximum absolute atomic E-state index is 12.7. The topological polar surface area (TPSA) is 57.6 Å². The molecule has 4 nitrogen and oxygen atoms in total. The average Bonchev–Trinajstić information content (AvgIpc) is 2.83. The van der Waals surface area contributed by atoms with Gasteiger partial charge < -0.3 is 5.11 Å². The minimum atomic E-state index is -1.05. The van der Waals surface area contributed by atoms with E-state index in [9.17, 15) is 9.59 Å². The molecule has 120 valence electrons. The largest absolute Gasteiger partial charge is 0.478 e. The summed E-state index contributed by atoms with van der Waals surface area (Å²) in [5.74, 6) is -1.30. The van der Waals surface area contributed by atoms with E-state index in [4.69, 9.17) is 17.3 Å². The zero-order chi connectivity index (χ0) is 17.3. The molecular formula is C17H10BrNO3S2. The molecule has 3 rings (SSSR count). The fraction of sp³-hybridized carbons (Fsp3) is 0. The van der Waals surface area contributed by atoms with E-state index in [1.54, 1.807) is 18.2 Å². The number of thiocarbonyl (C=S) groups is 1. The van der Waals surface area contributed by atoms with Crippen LogP contribution in [0.5, 0.6) is 0 Å². The Balaban J connectivity index is 1.93. The van der Waals surface area contributed by atoms with Crippen molar-refractivity contribution in [2.24, 2.45) is 0 Å². The second-order valence-electron chi connectivity index (χ2n) is 4.92. The number of carbonyl (C=O) groups is 2. The molecule has 1 heterocycles. The summed E-state index contributed by atoms with van der Waals surface area (Å²) in [5, 5.41) is 9.10. The van der Waals surface area contributed by atoms with Crippen LogP contribution in [0.15, 0.2) is 57.9 Å². The molecule has 1 N–H and O–H groups in total. The molecule has 7 heteroatoms. The van der Waals surface area contributed by atoms with Gasteiger partial charge in [-0.05, 0) is 42.0 Å². The first-order valence-electron chi connectivity index (χ1n) is 6.82. The number of hydrogen-bond donors (Lipinski definition) is 1. The number of hydrogen-bond acceptors (Lipinski definition) is 4. The number of amides is 1. The molecule has 1 amide bonds. The molecule has 24 heavy (non-hydrogen) atoms. The third-order valence-electron chi connectivity index (χ3n) is 3.31. The highest BCUT2D eigenvalue weighted by atomic mass is 79.9. The summed E-state index contributed by atoms with van der Waals surface area (Å²) < 4.78 is 1.34. The molecule has 1 aliphatic rings. The van der Waals surface area contributed by atoms with Crippen molar-refractivity contribution in [1.29, 1.82) is 0 Å². The molecule has 1 saturated heterocycles. The summed E-state index contributed by atoms with van der Waals surface area (Å²) in [6.45, 7) is 0. The van der Waals surface area contributed by atoms with Gasteiger partial charge in [-0.1, -0.05) is 58.1 Å². The Labute approximate surface area is 156 Å². The number of aromatic carboxylic acids is 1. The van der Waals surface area contributed by atoms with Gasteiger partial charge in [0.1, 0.15) is 0 Å². The summed E-state index contributed by atoms with van der Waals surface area (Å²) >= 11 is 9.86. The van der Waals surface area contributed by atoms with Crippen LogP contribution in [-0.2, 0) is 4.79 Å². The van der Waals surface area contributed by atoms with Crippen molar-refractivity contribution in [2.45, 2.75) is 0 Å². The third kappa shape index (κ3) is 3.43. The van der Waals surface area contributed by atoms with Gasteiger partial charge in [0.2, 0.25) is 0 Å². The Kier molecular flexibility index (Phi) is 4.84. The first kappa shape index (κ1) is 16.9. The summed E-state index contributed by atoms with van der Waals surface area (Å²) in [5.41, 5.74) is 1.45. The zero-order valence-electron chi connectivity index (χ0n) is 12.1. The molecule has 1 aliphatic heterocycles. The number of carboxylic acid groups (broad SMARTS) is 1. The van der Waals surface area contributed by atoms with Crippen molar-refractivity contribution < 1.29 is 14.7 Å². The normalized spacial score (nSPS) is 16.0. The fourth-order valence-corrected chi connectivity index (χ4v) is 3.74. The maximum Gasteiger partial charge on any atom is 0.335 e. The molecule has 0 saturated carbocycles. The molecule has 1 fully saturated rings. The van der Waals surface area contributed by atoms with Gasteiger partial charge in [-0.25, -0.2) is 4.79 Å². The highest BCUT2D eigenvalue weighted by Crippen LogP contribution is 2.36. The lowest BCUT2D eigenvalue weighted by atomic mass is 10.2. The van der Waals surface area contributed by atoms with Gasteiger partial charge >= 0.3 is 5.97 Å². The lowest BCUT2D eigenvalue weighted by molar-refractivity contribution is -0.113. The molecule has 0 unspecified atom stereocenters. The van der Waals surface area contributed by atoms with Gasteiger partial charge in [0, 0.05) is 4.47 Å². The number of halogens is 1. The molecule has 0 bridgehead atoms. The molecule has 0 radical (unpaired) electrons. The lowest BCUT2D eigenvalue weighted by Gasteiger charge is -2.14. The Morgan fingerprint density at radius 2 is 1.92 bits per heavy atom. The van der Waals surface area contributed by atoms with Crippen LogP contribution in [0.3, 0.4) is 0 Å². The van der Waals surface area contributed by atoms with Gasteiger partial charge in [0.25, 0.3) is 5.91 Å². The summed E-state index contributed by atoms with van der Waals surface area (Å²) in [6, 6.07) is 13.7. The first-order valence-corrected chi connectivity index (χ1v) is 8.84. The number of anilines is 1. The molecule has 0 spiro atoms. The molecule has 2 aromatic rings. The third-order valence-corrected chi connectivity index (χ3v) is 5.14. The van der Waals surface area contributed by atoms with Gasteiger partial charge in [-0.2, -0.15) is 0 Å². The Bertz CT molecular complexity index is 878. The van der Waals surface area contributed by atoms with Crippen molar-refractivity contribution in [3.8, 4) is 0 Å². The van der Waals surface area contributed by atoms with Crippen LogP contribution in [-0.4, -0.2) is 21.3 Å². The van der Waals surface area contributed by atoms with Gasteiger partial charge in [0.15, 0.2) is 4.32 Å². The summed E-state index contributed by atoms with van der Waals surface area (Å²) in [4.78, 5) is 25.6. The van der Waals surface area contributed by atoms with Crippen molar-refractivity contribution in [3.05, 3.63) is 69.0 Å². The van der Waals surface area contributed by atoms with E-state index in [1.807, 2.05) is 24.3 Å². The van der Waals surface area contributed by atoms with Crippen LogP contribution in [0.25, 0.3) is 6.08 Å². The smallest absolute Gasteiger partial charge is 0.335 e. The van der Waals surface area contributed by atoms with E-state index in [-0.39, 0.29) is 11.5 Å². The number of carbonyl (C=O) groups excluding carboxylic acids is 1. The van der Waals surface area contributed by atoms with E-state index in [2.05, 4.69) is 15.9 Å². The highest BCUT2D eigenvalue weighted by molar-refractivity contribution is 9.10. The van der Waals surface area contributed by atoms with E-state index in [0.29, 0.717) is 14.9 Å². The zero-order valence-corrected chi connectivity index (χ0v) is 15.3. The lowest BCUT2D eigenvalue weighted by Crippen LogP contribution is -2.27. The molecule has 0 aromatic heterocycles. The predicted molar refractivity (Wildman–Crippen MR) is 103 cm³/mol. The van der Waals surface area contributed by atoms with Crippen LogP contribution in [0.4, 0.5) is 5.69 Å². The van der Waals surface area contributed by atoms with Crippen LogP contribution in [0, 0.1) is 0 Å². The maximum atomic E-state index is 12.7. The van der Waals surface area contributed by atoms with E-state index in [1.165, 1.54) is 28.8 Å². The van der Waals surface area contributed by atoms with E-state index in [0.717, 1.165) is 10.0 Å². The number of rotatable bonds is 3. The number of thioether (sulfide) groups is 1. The van der Waals surface area contributed by atoms with Crippen LogP contribution in [0.1, 0.15) is 15.9 Å². The van der Waals surface area contributed by atoms with Crippen molar-refractivity contribution in [3.63, 3.8) is 0 Å². The monoisotopic (exact) mass is 419 g/mol. The quantitative estimate of drug-likeness (QED) is 0.583. The Hall–Kier alpha value is -1.96. The van der Waals surface area contributed by atoms with Crippen molar-refractivity contribution >= 4 is 67.9 Å². The van der Waals surface area contributed by atoms with Gasteiger partial charge in [-0.15, -0.1) is 0 Å². The second kappa shape index (κ2) is 6.88. The van der Waals surface area contributed by atoms with Crippen LogP contribution >= 0.6 is 39.9 Å². The average molecular weight is 420 g/mol. The Morgan fingerprint density at radius 1 is 1.21 bits per heavy atom. The minimum Gasteiger partial charge on any atom is -0.478 e. The fourth-order valence-electron chi connectivity index (χ4n) is 2.18. The molecule has 0 aliphatic carbocycles. The standard InChI is InChI=1S/C17H10BrNO3S2/c18-12-6-4-10(5-7-12)8-14-15(20)19(17(23)24-14)13-3-1-2-11(9-13)16(21)22/h1-9H,(H,21,22)/b14-8-. The minimum absolute atomic E-state index is 0.110. The number of nitrogens with zero attached hydrogens (tertiary/aromatic N) is 1. The van der Waals surface area contributed by atoms with Gasteiger partial charge in [-0.3, -0.25) is 9.69 Å².